The van der Waals surface area contributed by atoms with Gasteiger partial charge in [0, 0.05) is 37.1 Å². The maximum atomic E-state index is 13.9. The van der Waals surface area contributed by atoms with Crippen molar-refractivity contribution in [2.45, 2.75) is 11.8 Å². The van der Waals surface area contributed by atoms with Crippen molar-refractivity contribution in [2.24, 2.45) is 0 Å². The van der Waals surface area contributed by atoms with Gasteiger partial charge in [0.25, 0.3) is 5.91 Å². The van der Waals surface area contributed by atoms with Crippen LogP contribution in [0.5, 0.6) is 0 Å². The normalized spacial score (nSPS) is 15.9. The van der Waals surface area contributed by atoms with Crippen molar-refractivity contribution in [1.29, 1.82) is 0 Å². The van der Waals surface area contributed by atoms with Gasteiger partial charge in [-0.1, -0.05) is 30.3 Å². The van der Waals surface area contributed by atoms with Crippen molar-refractivity contribution in [2.75, 3.05) is 26.2 Å². The van der Waals surface area contributed by atoms with Crippen LogP contribution < -0.4 is 0 Å². The van der Waals surface area contributed by atoms with Crippen molar-refractivity contribution in [3.05, 3.63) is 65.7 Å². The number of para-hydroxylation sites is 1. The number of fused-ring (bicyclic) bond motifs is 1. The molecule has 1 aromatic heterocycles. The molecule has 1 aliphatic heterocycles. The lowest BCUT2D eigenvalue weighted by Crippen LogP contribution is -2.50. The second-order valence-corrected chi connectivity index (χ2v) is 8.59. The molecule has 0 atom stereocenters. The van der Waals surface area contributed by atoms with Crippen LogP contribution in [0.2, 0.25) is 0 Å². The third kappa shape index (κ3) is 3.08. The van der Waals surface area contributed by atoms with Crippen molar-refractivity contribution in [1.82, 2.24) is 9.21 Å². The summed E-state index contributed by atoms with van der Waals surface area (Å²) in [6, 6.07) is 12.7. The van der Waals surface area contributed by atoms with E-state index in [1.165, 1.54) is 22.5 Å². The predicted molar refractivity (Wildman–Crippen MR) is 102 cm³/mol. The molecule has 1 aliphatic rings. The molecular weight excluding hydrogens is 383 g/mol. The lowest BCUT2D eigenvalue weighted by Gasteiger charge is -2.33. The SMILES string of the molecule is Cc1c(C(=O)N2CCN(S(=O)(=O)c3ccccc3F)CC2)oc2ccccc12. The third-order valence-corrected chi connectivity index (χ3v) is 6.95. The molecule has 28 heavy (non-hydrogen) atoms. The molecule has 0 saturated carbocycles. The number of rotatable bonds is 3. The van der Waals surface area contributed by atoms with Crippen LogP contribution in [0.1, 0.15) is 16.1 Å². The van der Waals surface area contributed by atoms with Gasteiger partial charge in [-0.25, -0.2) is 12.8 Å². The minimum absolute atomic E-state index is 0.0989. The first-order chi connectivity index (χ1) is 13.4. The molecule has 0 bridgehead atoms. The number of carbonyl (C=O) groups excluding carboxylic acids is 1. The van der Waals surface area contributed by atoms with Gasteiger partial charge < -0.3 is 9.32 Å². The Morgan fingerprint density at radius 1 is 1.00 bits per heavy atom. The Labute approximate surface area is 162 Å². The van der Waals surface area contributed by atoms with Gasteiger partial charge in [0.2, 0.25) is 10.0 Å². The average molecular weight is 402 g/mol. The van der Waals surface area contributed by atoms with Gasteiger partial charge in [-0.3, -0.25) is 4.79 Å². The number of halogens is 1. The molecule has 4 rings (SSSR count). The number of amides is 1. The van der Waals surface area contributed by atoms with E-state index in [0.717, 1.165) is 17.0 Å². The van der Waals surface area contributed by atoms with Crippen LogP contribution in [-0.4, -0.2) is 49.7 Å². The first-order valence-electron chi connectivity index (χ1n) is 8.91. The number of hydrogen-bond donors (Lipinski definition) is 0. The molecule has 0 N–H and O–H groups in total. The summed E-state index contributed by atoms with van der Waals surface area (Å²) < 4.78 is 46.2. The van der Waals surface area contributed by atoms with Crippen LogP contribution in [0.3, 0.4) is 0 Å². The van der Waals surface area contributed by atoms with Crippen molar-refractivity contribution >= 4 is 26.9 Å². The highest BCUT2D eigenvalue weighted by Crippen LogP contribution is 2.27. The fourth-order valence-corrected chi connectivity index (χ4v) is 4.93. The zero-order chi connectivity index (χ0) is 19.9. The molecule has 1 fully saturated rings. The quantitative estimate of drug-likeness (QED) is 0.675. The largest absolute Gasteiger partial charge is 0.451 e. The van der Waals surface area contributed by atoms with E-state index < -0.39 is 15.8 Å². The Kier molecular flexibility index (Phi) is 4.68. The van der Waals surface area contributed by atoms with Crippen LogP contribution >= 0.6 is 0 Å². The average Bonchev–Trinajstić information content (AvgIpc) is 3.04. The van der Waals surface area contributed by atoms with Crippen molar-refractivity contribution in [3.8, 4) is 0 Å². The number of carbonyl (C=O) groups is 1. The van der Waals surface area contributed by atoms with E-state index in [4.69, 9.17) is 4.42 Å². The topological polar surface area (TPSA) is 70.8 Å². The molecule has 0 aliphatic carbocycles. The van der Waals surface area contributed by atoms with E-state index in [1.54, 1.807) is 11.0 Å². The number of piperazine rings is 1. The Hall–Kier alpha value is -2.71. The second kappa shape index (κ2) is 7.03. The lowest BCUT2D eigenvalue weighted by molar-refractivity contribution is 0.0667. The van der Waals surface area contributed by atoms with E-state index in [1.807, 2.05) is 25.1 Å². The smallest absolute Gasteiger partial charge is 0.289 e. The zero-order valence-corrected chi connectivity index (χ0v) is 16.1. The highest BCUT2D eigenvalue weighted by atomic mass is 32.2. The summed E-state index contributed by atoms with van der Waals surface area (Å²) in [4.78, 5) is 14.1. The van der Waals surface area contributed by atoms with Gasteiger partial charge in [-0.15, -0.1) is 0 Å². The highest BCUT2D eigenvalue weighted by molar-refractivity contribution is 7.89. The number of aryl methyl sites for hydroxylation is 1. The van der Waals surface area contributed by atoms with Crippen molar-refractivity contribution < 1.29 is 22.0 Å². The maximum absolute atomic E-state index is 13.9. The highest BCUT2D eigenvalue weighted by Gasteiger charge is 2.33. The summed E-state index contributed by atoms with van der Waals surface area (Å²) >= 11 is 0. The number of benzene rings is 2. The molecule has 0 radical (unpaired) electrons. The van der Waals surface area contributed by atoms with Gasteiger partial charge >= 0.3 is 0 Å². The Morgan fingerprint density at radius 2 is 1.64 bits per heavy atom. The molecule has 8 heteroatoms. The minimum atomic E-state index is -3.94. The summed E-state index contributed by atoms with van der Waals surface area (Å²) in [5.41, 5.74) is 1.41. The van der Waals surface area contributed by atoms with E-state index in [9.17, 15) is 17.6 Å². The lowest BCUT2D eigenvalue weighted by atomic mass is 10.1. The number of hydrogen-bond acceptors (Lipinski definition) is 4. The number of nitrogens with zero attached hydrogens (tertiary/aromatic N) is 2. The molecule has 1 saturated heterocycles. The first-order valence-corrected chi connectivity index (χ1v) is 10.4. The molecular formula is C20H19FN2O4S. The fraction of sp³-hybridized carbons (Fsp3) is 0.250. The van der Waals surface area contributed by atoms with Gasteiger partial charge in [-0.05, 0) is 25.1 Å². The first kappa shape index (κ1) is 18.6. The Balaban J connectivity index is 1.51. The van der Waals surface area contributed by atoms with Crippen molar-refractivity contribution in [3.63, 3.8) is 0 Å². The molecule has 1 amide bonds. The molecule has 0 spiro atoms. The molecule has 2 aromatic carbocycles. The predicted octanol–water partition coefficient (Wildman–Crippen LogP) is 3.03. The molecule has 2 heterocycles. The summed E-state index contributed by atoms with van der Waals surface area (Å²) in [6.45, 7) is 2.45. The molecule has 0 unspecified atom stereocenters. The van der Waals surface area contributed by atoms with Gasteiger partial charge in [-0.2, -0.15) is 4.31 Å². The van der Waals surface area contributed by atoms with E-state index >= 15 is 0 Å². The summed E-state index contributed by atoms with van der Waals surface area (Å²) in [5, 5.41) is 0.881. The van der Waals surface area contributed by atoms with Crippen LogP contribution in [0.25, 0.3) is 11.0 Å². The van der Waals surface area contributed by atoms with Crippen LogP contribution in [-0.2, 0) is 10.0 Å². The fourth-order valence-electron chi connectivity index (χ4n) is 3.45. The van der Waals surface area contributed by atoms with Gasteiger partial charge in [0.15, 0.2) is 5.76 Å². The minimum Gasteiger partial charge on any atom is -0.451 e. The summed E-state index contributed by atoms with van der Waals surface area (Å²) in [7, 11) is -3.94. The monoisotopic (exact) mass is 402 g/mol. The summed E-state index contributed by atoms with van der Waals surface area (Å²) in [6.07, 6.45) is 0. The second-order valence-electron chi connectivity index (χ2n) is 6.68. The number of furan rings is 1. The maximum Gasteiger partial charge on any atom is 0.289 e. The van der Waals surface area contributed by atoms with E-state index in [0.29, 0.717) is 5.58 Å². The van der Waals surface area contributed by atoms with Crippen LogP contribution in [0, 0.1) is 12.7 Å². The van der Waals surface area contributed by atoms with Crippen LogP contribution in [0.4, 0.5) is 4.39 Å². The Bertz CT molecular complexity index is 1150. The van der Waals surface area contributed by atoms with Gasteiger partial charge in [0.05, 0.1) is 0 Å². The molecule has 3 aromatic rings. The van der Waals surface area contributed by atoms with Gasteiger partial charge in [0.1, 0.15) is 16.3 Å². The molecule has 6 nitrogen and oxygen atoms in total. The van der Waals surface area contributed by atoms with E-state index in [2.05, 4.69) is 0 Å². The molecule has 146 valence electrons. The standard InChI is InChI=1S/C20H19FN2O4S/c1-14-15-6-2-4-8-17(15)27-19(14)20(24)22-10-12-23(13-11-22)28(25,26)18-9-5-3-7-16(18)21/h2-9H,10-13H2,1H3. The summed E-state index contributed by atoms with van der Waals surface area (Å²) in [5.74, 6) is -0.776. The zero-order valence-electron chi connectivity index (χ0n) is 15.3. The Morgan fingerprint density at radius 3 is 2.32 bits per heavy atom. The third-order valence-electron chi connectivity index (χ3n) is 5.02. The van der Waals surface area contributed by atoms with Crippen LogP contribution in [0.15, 0.2) is 57.8 Å². The number of sulfonamides is 1. The van der Waals surface area contributed by atoms with E-state index in [-0.39, 0.29) is 42.7 Å².